The summed E-state index contributed by atoms with van der Waals surface area (Å²) in [5.74, 6) is -0.349. The number of rotatable bonds is 4. The van der Waals surface area contributed by atoms with Crippen LogP contribution in [0.15, 0.2) is 48.5 Å². The highest BCUT2D eigenvalue weighted by atomic mass is 32.2. The van der Waals surface area contributed by atoms with Gasteiger partial charge in [0.2, 0.25) is 15.9 Å². The van der Waals surface area contributed by atoms with E-state index in [0.717, 1.165) is 17.7 Å². The molecule has 2 aliphatic rings. The van der Waals surface area contributed by atoms with Gasteiger partial charge in [-0.25, -0.2) is 12.8 Å². The van der Waals surface area contributed by atoms with Crippen molar-refractivity contribution in [2.75, 3.05) is 31.1 Å². The van der Waals surface area contributed by atoms with E-state index in [-0.39, 0.29) is 18.5 Å². The first kappa shape index (κ1) is 22.7. The third-order valence-corrected chi connectivity index (χ3v) is 9.02. The summed E-state index contributed by atoms with van der Waals surface area (Å²) in [5.41, 5.74) is 1.91. The number of hydrogen-bond acceptors (Lipinski definition) is 4. The number of benzene rings is 2. The van der Waals surface area contributed by atoms with Gasteiger partial charge in [0.1, 0.15) is 11.1 Å². The maximum atomic E-state index is 15.1. The van der Waals surface area contributed by atoms with E-state index in [4.69, 9.17) is 0 Å². The third-order valence-electron chi connectivity index (χ3n) is 6.65. The van der Waals surface area contributed by atoms with Gasteiger partial charge in [0.15, 0.2) is 0 Å². The first-order chi connectivity index (χ1) is 15.3. The zero-order valence-electron chi connectivity index (χ0n) is 18.6. The molecule has 2 aromatic carbocycles. The lowest BCUT2D eigenvalue weighted by molar-refractivity contribution is -0.129. The van der Waals surface area contributed by atoms with E-state index in [2.05, 4.69) is 4.90 Å². The van der Waals surface area contributed by atoms with Crippen molar-refractivity contribution in [1.82, 2.24) is 9.21 Å². The monoisotopic (exact) mass is 459 g/mol. The van der Waals surface area contributed by atoms with Gasteiger partial charge in [-0.05, 0) is 37.5 Å². The highest BCUT2D eigenvalue weighted by Gasteiger charge is 2.40. The van der Waals surface area contributed by atoms with E-state index in [0.29, 0.717) is 38.2 Å². The maximum absolute atomic E-state index is 15.1. The fourth-order valence-electron chi connectivity index (χ4n) is 4.66. The molecule has 6 nitrogen and oxygen atoms in total. The van der Waals surface area contributed by atoms with Crippen molar-refractivity contribution < 1.29 is 17.6 Å². The quantitative estimate of drug-likeness (QED) is 0.702. The number of halogens is 1. The Morgan fingerprint density at radius 3 is 2.34 bits per heavy atom. The van der Waals surface area contributed by atoms with Gasteiger partial charge < -0.3 is 9.80 Å². The average Bonchev–Trinajstić information content (AvgIpc) is 2.78. The van der Waals surface area contributed by atoms with Gasteiger partial charge in [-0.3, -0.25) is 4.79 Å². The van der Waals surface area contributed by atoms with E-state index >= 15 is 4.39 Å². The molecule has 0 aliphatic carbocycles. The average molecular weight is 460 g/mol. The second-order valence-corrected chi connectivity index (χ2v) is 10.8. The lowest BCUT2D eigenvalue weighted by atomic mass is 10.0. The molecule has 0 unspecified atom stereocenters. The number of hydrogen-bond donors (Lipinski definition) is 0. The molecule has 8 heteroatoms. The first-order valence-corrected chi connectivity index (χ1v) is 12.6. The summed E-state index contributed by atoms with van der Waals surface area (Å²) in [5, 5.41) is -0.597. The van der Waals surface area contributed by atoms with Crippen molar-refractivity contribution in [3.63, 3.8) is 0 Å². The van der Waals surface area contributed by atoms with Crippen LogP contribution in [0.4, 0.5) is 10.1 Å². The Bertz CT molecular complexity index is 1070. The Kier molecular flexibility index (Phi) is 6.53. The number of nitrogens with zero attached hydrogens (tertiary/aromatic N) is 3. The molecule has 172 valence electrons. The van der Waals surface area contributed by atoms with Crippen LogP contribution in [0.1, 0.15) is 43.1 Å². The second kappa shape index (κ2) is 9.19. The summed E-state index contributed by atoms with van der Waals surface area (Å²) < 4.78 is 43.3. The zero-order chi connectivity index (χ0) is 22.9. The smallest absolute Gasteiger partial charge is 0.221 e. The first-order valence-electron chi connectivity index (χ1n) is 11.1. The van der Waals surface area contributed by atoms with Gasteiger partial charge in [-0.15, -0.1) is 0 Å². The standard InChI is InChI=1S/C24H30FN3O3S/c1-18-8-11-24(20-6-4-3-5-7-20)32(30,31)28(18)17-21-9-10-22(16-23(21)25)27-14-12-26(13-15-27)19(2)29/h3-7,9-10,16,18,24H,8,11-15,17H2,1-2H3/t18-,24+/m0/s1. The predicted octanol–water partition coefficient (Wildman–Crippen LogP) is 3.55. The lowest BCUT2D eigenvalue weighted by Gasteiger charge is -2.38. The Morgan fingerprint density at radius 1 is 1.03 bits per heavy atom. The van der Waals surface area contributed by atoms with Gasteiger partial charge in [0, 0.05) is 56.9 Å². The number of sulfonamides is 1. The molecule has 0 radical (unpaired) electrons. The summed E-state index contributed by atoms with van der Waals surface area (Å²) in [4.78, 5) is 15.4. The SMILES string of the molecule is CC(=O)N1CCN(c2ccc(CN3[C@@H](C)CC[C@H](c4ccccc4)S3(=O)=O)c(F)c2)CC1. The van der Waals surface area contributed by atoms with Crippen LogP contribution in [-0.2, 0) is 21.4 Å². The summed E-state index contributed by atoms with van der Waals surface area (Å²) >= 11 is 0. The van der Waals surface area contributed by atoms with Gasteiger partial charge in [-0.1, -0.05) is 36.4 Å². The van der Waals surface area contributed by atoms with Gasteiger partial charge in [0.05, 0.1) is 0 Å². The van der Waals surface area contributed by atoms with Crippen molar-refractivity contribution in [3.05, 3.63) is 65.5 Å². The van der Waals surface area contributed by atoms with Gasteiger partial charge in [0.25, 0.3) is 0 Å². The van der Waals surface area contributed by atoms with E-state index in [1.165, 1.54) is 10.4 Å². The summed E-state index contributed by atoms with van der Waals surface area (Å²) in [6.45, 7) is 5.99. The number of amides is 1. The summed E-state index contributed by atoms with van der Waals surface area (Å²) in [6.07, 6.45) is 1.30. The lowest BCUT2D eigenvalue weighted by Crippen LogP contribution is -2.48. The number of carbonyl (C=O) groups is 1. The molecule has 2 aromatic rings. The van der Waals surface area contributed by atoms with Gasteiger partial charge >= 0.3 is 0 Å². The summed E-state index contributed by atoms with van der Waals surface area (Å²) in [6, 6.07) is 14.1. The van der Waals surface area contributed by atoms with E-state index in [9.17, 15) is 13.2 Å². The molecule has 2 fully saturated rings. The molecule has 0 bridgehead atoms. The van der Waals surface area contributed by atoms with Crippen LogP contribution in [0.25, 0.3) is 0 Å². The minimum Gasteiger partial charge on any atom is -0.368 e. The summed E-state index contributed by atoms with van der Waals surface area (Å²) in [7, 11) is -3.61. The number of piperazine rings is 1. The molecule has 0 spiro atoms. The van der Waals surface area contributed by atoms with E-state index < -0.39 is 21.1 Å². The maximum Gasteiger partial charge on any atom is 0.221 e. The van der Waals surface area contributed by atoms with Crippen LogP contribution in [-0.4, -0.2) is 55.8 Å². The van der Waals surface area contributed by atoms with Crippen LogP contribution < -0.4 is 4.90 Å². The highest BCUT2D eigenvalue weighted by molar-refractivity contribution is 7.89. The minimum absolute atomic E-state index is 0.0249. The molecule has 2 aliphatic heterocycles. The predicted molar refractivity (Wildman–Crippen MR) is 123 cm³/mol. The molecular formula is C24H30FN3O3S. The molecule has 2 saturated heterocycles. The molecule has 2 heterocycles. The second-order valence-electron chi connectivity index (χ2n) is 8.68. The molecule has 32 heavy (non-hydrogen) atoms. The molecule has 2 atom stereocenters. The molecule has 4 rings (SSSR count). The Balaban J connectivity index is 1.51. The minimum atomic E-state index is -3.61. The molecule has 0 N–H and O–H groups in total. The Labute approximate surface area is 189 Å². The molecular weight excluding hydrogens is 429 g/mol. The van der Waals surface area contributed by atoms with Crippen molar-refractivity contribution in [2.24, 2.45) is 0 Å². The van der Waals surface area contributed by atoms with Gasteiger partial charge in [-0.2, -0.15) is 4.31 Å². The fraction of sp³-hybridized carbons (Fsp3) is 0.458. The normalized spacial score (nSPS) is 23.8. The van der Waals surface area contributed by atoms with Crippen molar-refractivity contribution in [3.8, 4) is 0 Å². The zero-order valence-corrected chi connectivity index (χ0v) is 19.4. The highest BCUT2D eigenvalue weighted by Crippen LogP contribution is 2.38. The van der Waals surface area contributed by atoms with Crippen LogP contribution >= 0.6 is 0 Å². The van der Waals surface area contributed by atoms with Crippen molar-refractivity contribution >= 4 is 21.6 Å². The Morgan fingerprint density at radius 2 is 1.72 bits per heavy atom. The van der Waals surface area contributed by atoms with Crippen LogP contribution in [0.5, 0.6) is 0 Å². The topological polar surface area (TPSA) is 60.9 Å². The number of anilines is 1. The molecule has 0 saturated carbocycles. The largest absolute Gasteiger partial charge is 0.368 e. The molecule has 1 amide bonds. The van der Waals surface area contributed by atoms with Crippen LogP contribution in [0.3, 0.4) is 0 Å². The van der Waals surface area contributed by atoms with Crippen LogP contribution in [0.2, 0.25) is 0 Å². The van der Waals surface area contributed by atoms with Crippen LogP contribution in [0, 0.1) is 5.82 Å². The Hall–Kier alpha value is -2.45. The number of carbonyl (C=O) groups excluding carboxylic acids is 1. The molecule has 0 aromatic heterocycles. The fourth-order valence-corrected chi connectivity index (χ4v) is 6.85. The van der Waals surface area contributed by atoms with Crippen molar-refractivity contribution in [1.29, 1.82) is 0 Å². The van der Waals surface area contributed by atoms with E-state index in [1.54, 1.807) is 17.9 Å². The third kappa shape index (κ3) is 4.52. The van der Waals surface area contributed by atoms with E-state index in [1.807, 2.05) is 43.3 Å². The van der Waals surface area contributed by atoms with Crippen molar-refractivity contribution in [2.45, 2.75) is 44.5 Å².